The molecule has 0 bridgehead atoms. The van der Waals surface area contributed by atoms with Crippen molar-refractivity contribution >= 4 is 23.4 Å². The normalized spacial score (nSPS) is 18.5. The van der Waals surface area contributed by atoms with E-state index in [1.54, 1.807) is 30.3 Å². The molecule has 0 aromatic heterocycles. The van der Waals surface area contributed by atoms with E-state index in [1.807, 2.05) is 31.2 Å². The van der Waals surface area contributed by atoms with Crippen LogP contribution in [0, 0.1) is 6.92 Å². The number of carbonyl (C=O) groups is 3. The number of rotatable bonds is 6. The van der Waals surface area contributed by atoms with E-state index in [1.165, 1.54) is 4.90 Å². The van der Waals surface area contributed by atoms with E-state index in [4.69, 9.17) is 5.11 Å². The average Bonchev–Trinajstić information content (AvgIpc) is 2.93. The molecular formula is C22H21NO5. The summed E-state index contributed by atoms with van der Waals surface area (Å²) >= 11 is 0. The lowest BCUT2D eigenvalue weighted by atomic mass is 9.94. The first-order valence-corrected chi connectivity index (χ1v) is 9.02. The number of aliphatic hydroxyl groups excluding tert-OH is 1. The SMILES string of the molecule is Cc1ccc([C@@H]2/C(=C(\O)c3ccccc3)C(=O)C(=O)N2CCCC(=O)O)cc1. The highest BCUT2D eigenvalue weighted by atomic mass is 16.4. The summed E-state index contributed by atoms with van der Waals surface area (Å²) in [6.45, 7) is 2.04. The summed E-state index contributed by atoms with van der Waals surface area (Å²) in [5.74, 6) is -2.69. The minimum atomic E-state index is -0.965. The molecule has 2 aromatic carbocycles. The molecule has 0 spiro atoms. The maximum atomic E-state index is 12.8. The molecule has 2 N–H and O–H groups in total. The number of carbonyl (C=O) groups excluding carboxylic acids is 2. The predicted octanol–water partition coefficient (Wildman–Crippen LogP) is 3.28. The Bertz CT molecular complexity index is 931. The van der Waals surface area contributed by atoms with E-state index in [2.05, 4.69) is 0 Å². The number of carboxylic acids is 1. The number of benzene rings is 2. The van der Waals surface area contributed by atoms with E-state index in [9.17, 15) is 19.5 Å². The lowest BCUT2D eigenvalue weighted by Crippen LogP contribution is -2.31. The number of aliphatic hydroxyl groups is 1. The molecule has 28 heavy (non-hydrogen) atoms. The largest absolute Gasteiger partial charge is 0.507 e. The molecule has 1 atom stereocenters. The molecule has 144 valence electrons. The van der Waals surface area contributed by atoms with Gasteiger partial charge in [-0.25, -0.2) is 0 Å². The maximum absolute atomic E-state index is 12.8. The fourth-order valence-corrected chi connectivity index (χ4v) is 3.36. The van der Waals surface area contributed by atoms with Gasteiger partial charge in [0.05, 0.1) is 11.6 Å². The summed E-state index contributed by atoms with van der Waals surface area (Å²) < 4.78 is 0. The zero-order valence-electron chi connectivity index (χ0n) is 15.5. The van der Waals surface area contributed by atoms with Gasteiger partial charge in [-0.2, -0.15) is 0 Å². The molecule has 1 saturated heterocycles. The van der Waals surface area contributed by atoms with Crippen molar-refractivity contribution in [2.24, 2.45) is 0 Å². The molecule has 1 amide bonds. The Kier molecular flexibility index (Phi) is 5.59. The Balaban J connectivity index is 2.08. The van der Waals surface area contributed by atoms with Gasteiger partial charge < -0.3 is 15.1 Å². The number of hydrogen-bond acceptors (Lipinski definition) is 4. The molecule has 0 radical (unpaired) electrons. The Morgan fingerprint density at radius 3 is 2.25 bits per heavy atom. The van der Waals surface area contributed by atoms with Crippen molar-refractivity contribution in [3.8, 4) is 0 Å². The van der Waals surface area contributed by atoms with Crippen molar-refractivity contribution in [1.29, 1.82) is 0 Å². The lowest BCUT2D eigenvalue weighted by molar-refractivity contribution is -0.140. The quantitative estimate of drug-likeness (QED) is 0.456. The van der Waals surface area contributed by atoms with Crippen molar-refractivity contribution in [1.82, 2.24) is 4.90 Å². The summed E-state index contributed by atoms with van der Waals surface area (Å²) in [6, 6.07) is 15.2. The highest BCUT2D eigenvalue weighted by Gasteiger charge is 2.45. The van der Waals surface area contributed by atoms with Crippen LogP contribution in [0.4, 0.5) is 0 Å². The van der Waals surface area contributed by atoms with Gasteiger partial charge in [0.25, 0.3) is 11.7 Å². The van der Waals surface area contributed by atoms with Gasteiger partial charge in [0.2, 0.25) is 0 Å². The van der Waals surface area contributed by atoms with E-state index in [-0.39, 0.29) is 30.7 Å². The minimum absolute atomic E-state index is 0.0235. The number of amides is 1. The first kappa shape index (κ1) is 19.4. The number of likely N-dealkylation sites (tertiary alicyclic amines) is 1. The molecule has 3 rings (SSSR count). The zero-order chi connectivity index (χ0) is 20.3. The Morgan fingerprint density at radius 1 is 1.00 bits per heavy atom. The summed E-state index contributed by atoms with van der Waals surface area (Å²) in [6.07, 6.45) is 0.110. The van der Waals surface area contributed by atoms with Crippen molar-refractivity contribution in [3.63, 3.8) is 0 Å². The third-order valence-electron chi connectivity index (χ3n) is 4.77. The molecule has 1 aliphatic rings. The van der Waals surface area contributed by atoms with Gasteiger partial charge in [-0.15, -0.1) is 0 Å². The van der Waals surface area contributed by atoms with Crippen LogP contribution in [0.5, 0.6) is 0 Å². The van der Waals surface area contributed by atoms with Crippen molar-refractivity contribution in [2.75, 3.05) is 6.54 Å². The highest BCUT2D eigenvalue weighted by Crippen LogP contribution is 2.39. The van der Waals surface area contributed by atoms with E-state index in [0.29, 0.717) is 11.1 Å². The molecule has 0 aliphatic carbocycles. The van der Waals surface area contributed by atoms with E-state index >= 15 is 0 Å². The number of ketones is 1. The van der Waals surface area contributed by atoms with Crippen LogP contribution in [0.25, 0.3) is 5.76 Å². The average molecular weight is 379 g/mol. The number of carboxylic acid groups (broad SMARTS) is 1. The van der Waals surface area contributed by atoms with Gasteiger partial charge in [0.1, 0.15) is 5.76 Å². The summed E-state index contributed by atoms with van der Waals surface area (Å²) in [5.41, 5.74) is 2.19. The molecule has 6 nitrogen and oxygen atoms in total. The van der Waals surface area contributed by atoms with E-state index < -0.39 is 23.7 Å². The molecule has 2 aromatic rings. The molecule has 0 saturated carbocycles. The standard InChI is InChI=1S/C22H21NO5/c1-14-9-11-15(12-10-14)19-18(20(26)16-6-3-2-4-7-16)21(27)22(28)23(19)13-5-8-17(24)25/h2-4,6-7,9-12,19,26H,5,8,13H2,1H3,(H,24,25)/b20-18+/t19-/m1/s1. The monoisotopic (exact) mass is 379 g/mol. The minimum Gasteiger partial charge on any atom is -0.507 e. The number of hydrogen-bond donors (Lipinski definition) is 2. The fraction of sp³-hybridized carbons (Fsp3) is 0.227. The van der Waals surface area contributed by atoms with Gasteiger partial charge in [-0.1, -0.05) is 60.2 Å². The first-order valence-electron chi connectivity index (χ1n) is 9.02. The second-order valence-electron chi connectivity index (χ2n) is 6.77. The van der Waals surface area contributed by atoms with Crippen LogP contribution in [0.3, 0.4) is 0 Å². The fourth-order valence-electron chi connectivity index (χ4n) is 3.36. The summed E-state index contributed by atoms with van der Waals surface area (Å²) in [7, 11) is 0. The molecule has 1 aliphatic heterocycles. The first-order chi connectivity index (χ1) is 13.4. The van der Waals surface area contributed by atoms with Gasteiger partial charge in [0.15, 0.2) is 0 Å². The molecular weight excluding hydrogens is 358 g/mol. The number of aliphatic carboxylic acids is 1. The molecule has 1 fully saturated rings. The van der Waals surface area contributed by atoms with Crippen LogP contribution in [0.2, 0.25) is 0 Å². The van der Waals surface area contributed by atoms with Crippen LogP contribution < -0.4 is 0 Å². The van der Waals surface area contributed by atoms with Gasteiger partial charge >= 0.3 is 5.97 Å². The second-order valence-corrected chi connectivity index (χ2v) is 6.77. The van der Waals surface area contributed by atoms with Crippen LogP contribution >= 0.6 is 0 Å². The third-order valence-corrected chi connectivity index (χ3v) is 4.77. The van der Waals surface area contributed by atoms with Crippen LogP contribution in [-0.2, 0) is 14.4 Å². The van der Waals surface area contributed by atoms with Gasteiger partial charge in [0, 0.05) is 18.5 Å². The van der Waals surface area contributed by atoms with Crippen LogP contribution in [-0.4, -0.2) is 39.3 Å². The van der Waals surface area contributed by atoms with Crippen LogP contribution in [0.15, 0.2) is 60.2 Å². The summed E-state index contributed by atoms with van der Waals surface area (Å²) in [5, 5.41) is 19.7. The highest BCUT2D eigenvalue weighted by molar-refractivity contribution is 6.46. The topological polar surface area (TPSA) is 94.9 Å². The van der Waals surface area contributed by atoms with Crippen LogP contribution in [0.1, 0.15) is 35.6 Å². The van der Waals surface area contributed by atoms with Crippen molar-refractivity contribution < 1.29 is 24.6 Å². The Hall–Kier alpha value is -3.41. The molecule has 0 unspecified atom stereocenters. The van der Waals surface area contributed by atoms with Gasteiger partial charge in [-0.05, 0) is 18.9 Å². The molecule has 6 heteroatoms. The Morgan fingerprint density at radius 2 is 1.64 bits per heavy atom. The molecule has 1 heterocycles. The number of nitrogens with zero attached hydrogens (tertiary/aromatic N) is 1. The second kappa shape index (κ2) is 8.08. The predicted molar refractivity (Wildman–Crippen MR) is 104 cm³/mol. The lowest BCUT2D eigenvalue weighted by Gasteiger charge is -2.25. The van der Waals surface area contributed by atoms with E-state index in [0.717, 1.165) is 5.56 Å². The third kappa shape index (κ3) is 3.81. The number of aryl methyl sites for hydroxylation is 1. The maximum Gasteiger partial charge on any atom is 0.303 e. The van der Waals surface area contributed by atoms with Crippen molar-refractivity contribution in [2.45, 2.75) is 25.8 Å². The number of Topliss-reactive ketones (excluding diaryl/α,β-unsaturated/α-hetero) is 1. The zero-order valence-corrected chi connectivity index (χ0v) is 15.5. The van der Waals surface area contributed by atoms with Crippen molar-refractivity contribution in [3.05, 3.63) is 76.9 Å². The summed E-state index contributed by atoms with van der Waals surface area (Å²) in [4.78, 5) is 37.6. The smallest absolute Gasteiger partial charge is 0.303 e. The van der Waals surface area contributed by atoms with Gasteiger partial charge in [-0.3, -0.25) is 14.4 Å². The Labute approximate surface area is 162 Å².